The Morgan fingerprint density at radius 2 is 1.82 bits per heavy atom. The van der Waals surface area contributed by atoms with Crippen LogP contribution in [0.1, 0.15) is 43.9 Å². The van der Waals surface area contributed by atoms with Gasteiger partial charge in [0.05, 0.1) is 0 Å². The maximum atomic E-state index is 12.6. The van der Waals surface area contributed by atoms with Crippen molar-refractivity contribution < 1.29 is 18.7 Å². The second kappa shape index (κ2) is 7.72. The van der Waals surface area contributed by atoms with Crippen molar-refractivity contribution in [3.05, 3.63) is 53.9 Å². The van der Waals surface area contributed by atoms with Gasteiger partial charge in [-0.1, -0.05) is 13.0 Å². The van der Waals surface area contributed by atoms with Crippen LogP contribution in [0.2, 0.25) is 0 Å². The molecule has 2 N–H and O–H groups in total. The molecule has 0 radical (unpaired) electrons. The summed E-state index contributed by atoms with van der Waals surface area (Å²) in [4.78, 5) is 28.8. The molecule has 0 spiro atoms. The van der Waals surface area contributed by atoms with E-state index in [1.165, 1.54) is 0 Å². The number of rotatable bonds is 4. The largest absolute Gasteiger partial charge is 0.444 e. The molecule has 1 aromatic heterocycles. The van der Waals surface area contributed by atoms with E-state index < -0.39 is 11.7 Å². The van der Waals surface area contributed by atoms with Gasteiger partial charge in [-0.05, 0) is 57.2 Å². The topological polar surface area (TPSA) is 93.5 Å². The average molecular weight is 381 g/mol. The third kappa shape index (κ3) is 4.88. The molecule has 0 bridgehead atoms. The van der Waals surface area contributed by atoms with Gasteiger partial charge in [0.2, 0.25) is 0 Å². The predicted octanol–water partition coefficient (Wildman–Crippen LogP) is 4.99. The maximum Gasteiger partial charge on any atom is 0.412 e. The highest BCUT2D eigenvalue weighted by atomic mass is 16.6. The average Bonchev–Trinajstić information content (AvgIpc) is 3.02. The molecule has 0 aliphatic carbocycles. The molecule has 0 fully saturated rings. The van der Waals surface area contributed by atoms with Crippen molar-refractivity contribution in [2.24, 2.45) is 0 Å². The SMILES string of the molecule is CCc1nc2cc(NC(=O)c3cccc(NC(=O)OC(C)(C)C)c3)ccc2o1. The van der Waals surface area contributed by atoms with Crippen molar-refractivity contribution in [2.75, 3.05) is 10.6 Å². The number of aromatic nitrogens is 1. The van der Waals surface area contributed by atoms with Gasteiger partial charge in [0.15, 0.2) is 11.5 Å². The molecule has 2 amide bonds. The number of fused-ring (bicyclic) bond motifs is 1. The summed E-state index contributed by atoms with van der Waals surface area (Å²) in [6, 6.07) is 11.9. The van der Waals surface area contributed by atoms with Crippen LogP contribution < -0.4 is 10.6 Å². The lowest BCUT2D eigenvalue weighted by atomic mass is 10.1. The van der Waals surface area contributed by atoms with Crippen molar-refractivity contribution in [2.45, 2.75) is 39.7 Å². The van der Waals surface area contributed by atoms with E-state index in [1.54, 1.807) is 63.2 Å². The molecule has 0 aliphatic heterocycles. The zero-order valence-corrected chi connectivity index (χ0v) is 16.3. The molecule has 0 atom stereocenters. The van der Waals surface area contributed by atoms with Crippen molar-refractivity contribution in [3.63, 3.8) is 0 Å². The molecule has 7 nitrogen and oxygen atoms in total. The number of ether oxygens (including phenoxy) is 1. The van der Waals surface area contributed by atoms with Gasteiger partial charge in [0, 0.05) is 23.4 Å². The van der Waals surface area contributed by atoms with E-state index in [2.05, 4.69) is 15.6 Å². The van der Waals surface area contributed by atoms with E-state index in [4.69, 9.17) is 9.15 Å². The summed E-state index contributed by atoms with van der Waals surface area (Å²) < 4.78 is 10.8. The summed E-state index contributed by atoms with van der Waals surface area (Å²) in [5, 5.41) is 5.46. The van der Waals surface area contributed by atoms with Crippen molar-refractivity contribution in [3.8, 4) is 0 Å². The standard InChI is InChI=1S/C21H23N3O4/c1-5-18-24-16-12-15(9-10-17(16)27-18)22-19(25)13-7-6-8-14(11-13)23-20(26)28-21(2,3)4/h6-12H,5H2,1-4H3,(H,22,25)(H,23,26). The Labute approximate surface area is 163 Å². The van der Waals surface area contributed by atoms with Crippen molar-refractivity contribution in [1.29, 1.82) is 0 Å². The number of carbonyl (C=O) groups excluding carboxylic acids is 2. The smallest absolute Gasteiger partial charge is 0.412 e. The summed E-state index contributed by atoms with van der Waals surface area (Å²) >= 11 is 0. The van der Waals surface area contributed by atoms with E-state index in [-0.39, 0.29) is 5.91 Å². The molecule has 1 heterocycles. The second-order valence-corrected chi connectivity index (χ2v) is 7.31. The molecule has 0 aliphatic rings. The number of nitrogens with one attached hydrogen (secondary N) is 2. The third-order valence-electron chi connectivity index (χ3n) is 3.76. The fourth-order valence-corrected chi connectivity index (χ4v) is 2.57. The summed E-state index contributed by atoms with van der Waals surface area (Å²) in [7, 11) is 0. The lowest BCUT2D eigenvalue weighted by molar-refractivity contribution is 0.0635. The first-order valence-electron chi connectivity index (χ1n) is 9.04. The minimum atomic E-state index is -0.601. The second-order valence-electron chi connectivity index (χ2n) is 7.31. The Bertz CT molecular complexity index is 1020. The molecule has 28 heavy (non-hydrogen) atoms. The van der Waals surface area contributed by atoms with Crippen LogP contribution in [0.25, 0.3) is 11.1 Å². The number of oxazole rings is 1. The van der Waals surface area contributed by atoms with Gasteiger partial charge in [0.1, 0.15) is 11.1 Å². The maximum absolute atomic E-state index is 12.6. The van der Waals surface area contributed by atoms with E-state index in [1.807, 2.05) is 6.92 Å². The van der Waals surface area contributed by atoms with Gasteiger partial charge in [-0.2, -0.15) is 0 Å². The number of carbonyl (C=O) groups is 2. The number of benzene rings is 2. The predicted molar refractivity (Wildman–Crippen MR) is 108 cm³/mol. The number of aryl methyl sites for hydroxylation is 1. The Balaban J connectivity index is 1.71. The Morgan fingerprint density at radius 1 is 1.07 bits per heavy atom. The van der Waals surface area contributed by atoms with Crippen LogP contribution in [0.5, 0.6) is 0 Å². The van der Waals surface area contributed by atoms with Crippen molar-refractivity contribution >= 4 is 34.5 Å². The number of hydrogen-bond donors (Lipinski definition) is 2. The molecule has 0 saturated heterocycles. The first kappa shape index (κ1) is 19.4. The van der Waals surface area contributed by atoms with Crippen LogP contribution in [0, 0.1) is 0 Å². The molecule has 146 valence electrons. The van der Waals surface area contributed by atoms with Gasteiger partial charge < -0.3 is 14.5 Å². The van der Waals surface area contributed by atoms with Crippen LogP contribution in [0.4, 0.5) is 16.2 Å². The molecule has 0 unspecified atom stereocenters. The number of amides is 2. The van der Waals surface area contributed by atoms with Gasteiger partial charge in [-0.3, -0.25) is 10.1 Å². The molecular weight excluding hydrogens is 358 g/mol. The van der Waals surface area contributed by atoms with E-state index in [9.17, 15) is 9.59 Å². The fraction of sp³-hybridized carbons (Fsp3) is 0.286. The summed E-state index contributed by atoms with van der Waals surface area (Å²) in [5.41, 5.74) is 2.26. The van der Waals surface area contributed by atoms with E-state index in [0.717, 1.165) is 0 Å². The first-order valence-corrected chi connectivity index (χ1v) is 9.04. The highest BCUT2D eigenvalue weighted by Crippen LogP contribution is 2.21. The van der Waals surface area contributed by atoms with Crippen molar-refractivity contribution in [1.82, 2.24) is 4.98 Å². The highest BCUT2D eigenvalue weighted by molar-refractivity contribution is 6.05. The minimum Gasteiger partial charge on any atom is -0.444 e. The zero-order chi connectivity index (χ0) is 20.3. The van der Waals surface area contributed by atoms with Crippen LogP contribution in [0.3, 0.4) is 0 Å². The summed E-state index contributed by atoms with van der Waals surface area (Å²) in [6.07, 6.45) is 0.127. The third-order valence-corrected chi connectivity index (χ3v) is 3.76. The monoisotopic (exact) mass is 381 g/mol. The van der Waals surface area contributed by atoms with E-state index in [0.29, 0.717) is 40.3 Å². The summed E-state index contributed by atoms with van der Waals surface area (Å²) in [5.74, 6) is 0.353. The summed E-state index contributed by atoms with van der Waals surface area (Å²) in [6.45, 7) is 7.31. The minimum absolute atomic E-state index is 0.300. The lowest BCUT2D eigenvalue weighted by Gasteiger charge is -2.19. The van der Waals surface area contributed by atoms with Crippen LogP contribution in [0.15, 0.2) is 46.9 Å². The normalized spacial score (nSPS) is 11.3. The number of nitrogens with zero attached hydrogens (tertiary/aromatic N) is 1. The number of hydrogen-bond acceptors (Lipinski definition) is 5. The molecule has 7 heteroatoms. The Morgan fingerprint density at radius 3 is 2.54 bits per heavy atom. The first-order chi connectivity index (χ1) is 13.2. The highest BCUT2D eigenvalue weighted by Gasteiger charge is 2.17. The quantitative estimate of drug-likeness (QED) is 0.664. The van der Waals surface area contributed by atoms with Gasteiger partial charge >= 0.3 is 6.09 Å². The van der Waals surface area contributed by atoms with E-state index >= 15 is 0 Å². The molecular formula is C21H23N3O4. The lowest BCUT2D eigenvalue weighted by Crippen LogP contribution is -2.27. The zero-order valence-electron chi connectivity index (χ0n) is 16.3. The van der Waals surface area contributed by atoms with Crippen LogP contribution in [-0.4, -0.2) is 22.6 Å². The Kier molecular flexibility index (Phi) is 5.35. The molecule has 3 aromatic rings. The van der Waals surface area contributed by atoms with Gasteiger partial charge in [-0.25, -0.2) is 9.78 Å². The van der Waals surface area contributed by atoms with Gasteiger partial charge in [0.25, 0.3) is 5.91 Å². The van der Waals surface area contributed by atoms with Gasteiger partial charge in [-0.15, -0.1) is 0 Å². The van der Waals surface area contributed by atoms with Crippen LogP contribution >= 0.6 is 0 Å². The molecule has 3 rings (SSSR count). The molecule has 2 aromatic carbocycles. The number of anilines is 2. The molecule has 0 saturated carbocycles. The fourth-order valence-electron chi connectivity index (χ4n) is 2.57. The Hall–Kier alpha value is -3.35. The van der Waals surface area contributed by atoms with Crippen LogP contribution in [-0.2, 0) is 11.2 Å².